The van der Waals surface area contributed by atoms with Crippen LogP contribution in [0.2, 0.25) is 0 Å². The molecule has 6 heteroatoms. The maximum Gasteiger partial charge on any atom is 0.254 e. The molecule has 2 bridgehead atoms. The second-order valence-corrected chi connectivity index (χ2v) is 7.73. The van der Waals surface area contributed by atoms with Gasteiger partial charge in [0.2, 0.25) is 0 Å². The van der Waals surface area contributed by atoms with Crippen molar-refractivity contribution in [1.82, 2.24) is 5.01 Å². The van der Waals surface area contributed by atoms with Gasteiger partial charge in [0.1, 0.15) is 0 Å². The molecule has 0 N–H and O–H groups in total. The van der Waals surface area contributed by atoms with Crippen LogP contribution < -0.4 is 9.47 Å². The Morgan fingerprint density at radius 2 is 1.78 bits per heavy atom. The van der Waals surface area contributed by atoms with Gasteiger partial charge in [-0.1, -0.05) is 12.2 Å². The average molecular weight is 366 g/mol. The van der Waals surface area contributed by atoms with E-state index in [2.05, 4.69) is 17.3 Å². The Hall–Kier alpha value is -2.63. The fourth-order valence-electron chi connectivity index (χ4n) is 5.22. The number of hydrogen-bond donors (Lipinski definition) is 0. The summed E-state index contributed by atoms with van der Waals surface area (Å²) < 4.78 is 10.8. The van der Waals surface area contributed by atoms with Crippen LogP contribution >= 0.6 is 0 Å². The molecule has 3 fully saturated rings. The van der Waals surface area contributed by atoms with Crippen molar-refractivity contribution in [3.05, 3.63) is 35.9 Å². The molecule has 6 atom stereocenters. The van der Waals surface area contributed by atoms with E-state index in [0.717, 1.165) is 17.0 Å². The highest BCUT2D eigenvalue weighted by atomic mass is 16.5. The minimum atomic E-state index is -0.219. The number of carbonyl (C=O) groups is 2. The first-order valence-electron chi connectivity index (χ1n) is 9.55. The number of hydrogen-bond acceptors (Lipinski definition) is 5. The molecule has 1 aromatic carbocycles. The quantitative estimate of drug-likeness (QED) is 0.456. The Balaban J connectivity index is 1.40. The summed E-state index contributed by atoms with van der Waals surface area (Å²) in [5.41, 5.74) is 0.749. The lowest BCUT2D eigenvalue weighted by molar-refractivity contribution is -0.140. The van der Waals surface area contributed by atoms with Crippen LogP contribution in [0.1, 0.15) is 18.9 Å². The highest BCUT2D eigenvalue weighted by molar-refractivity contribution is 6.06. The molecule has 0 spiro atoms. The number of amides is 2. The lowest BCUT2D eigenvalue weighted by Crippen LogP contribution is -2.40. The molecule has 1 aromatic rings. The third-order valence-electron chi connectivity index (χ3n) is 6.45. The zero-order valence-electron chi connectivity index (χ0n) is 15.4. The first-order valence-corrected chi connectivity index (χ1v) is 9.55. The molecule has 6 rings (SSSR count). The van der Waals surface area contributed by atoms with Crippen LogP contribution in [0.5, 0.6) is 11.5 Å². The van der Waals surface area contributed by atoms with Crippen molar-refractivity contribution in [3.8, 4) is 11.5 Å². The van der Waals surface area contributed by atoms with Crippen LogP contribution in [0, 0.1) is 35.5 Å². The van der Waals surface area contributed by atoms with Crippen LogP contribution in [0.4, 0.5) is 0 Å². The molecule has 4 aliphatic carbocycles. The fourth-order valence-corrected chi connectivity index (χ4v) is 5.22. The molecule has 0 aromatic heterocycles. The molecule has 27 heavy (non-hydrogen) atoms. The van der Waals surface area contributed by atoms with Crippen molar-refractivity contribution >= 4 is 18.0 Å². The summed E-state index contributed by atoms with van der Waals surface area (Å²) in [5.74, 6) is 2.13. The molecule has 2 saturated carbocycles. The zero-order valence-corrected chi connectivity index (χ0v) is 15.4. The molecule has 140 valence electrons. The highest BCUT2D eigenvalue weighted by Crippen LogP contribution is 2.65. The van der Waals surface area contributed by atoms with Crippen LogP contribution in [0.25, 0.3) is 0 Å². The standard InChI is InChI=1S/C21H22N2O4/c1-3-27-17-8-11(4-7-16(17)26-2)10-22-23-20(24)18-12-5-6-13(15-9-14(12)15)19(18)21(23)25/h4-8,10,12-15,18-19H,3,9H2,1-2H3/b22-10-/t12-,13-,14-,15-,18+,19+/m0/s1. The summed E-state index contributed by atoms with van der Waals surface area (Å²) in [5, 5.41) is 5.35. The molecule has 1 aliphatic heterocycles. The van der Waals surface area contributed by atoms with E-state index in [9.17, 15) is 9.59 Å². The maximum absolute atomic E-state index is 12.9. The van der Waals surface area contributed by atoms with Crippen LogP contribution in [-0.4, -0.2) is 36.8 Å². The fraction of sp³-hybridized carbons (Fsp3) is 0.476. The van der Waals surface area contributed by atoms with E-state index in [1.807, 2.05) is 13.0 Å². The monoisotopic (exact) mass is 366 g/mol. The number of nitrogens with zero attached hydrogens (tertiary/aromatic N) is 2. The van der Waals surface area contributed by atoms with Gasteiger partial charge in [-0.2, -0.15) is 10.1 Å². The van der Waals surface area contributed by atoms with E-state index in [0.29, 0.717) is 29.9 Å². The van der Waals surface area contributed by atoms with Crippen molar-refractivity contribution in [1.29, 1.82) is 0 Å². The summed E-state index contributed by atoms with van der Waals surface area (Å²) >= 11 is 0. The SMILES string of the molecule is CCOc1cc(/C=N\N2C(=O)[C@@H]3[C@H]4C=C[C@@H]([C@@H]5C[C@@H]45)[C@H]3C2=O)ccc1OC. The van der Waals surface area contributed by atoms with Crippen LogP contribution in [-0.2, 0) is 9.59 Å². The summed E-state index contributed by atoms with van der Waals surface area (Å²) in [6, 6.07) is 5.41. The second kappa shape index (κ2) is 5.94. The van der Waals surface area contributed by atoms with E-state index < -0.39 is 0 Å². The molecule has 6 nitrogen and oxygen atoms in total. The van der Waals surface area contributed by atoms with E-state index in [1.165, 1.54) is 0 Å². The van der Waals surface area contributed by atoms with Crippen molar-refractivity contribution in [3.63, 3.8) is 0 Å². The van der Waals surface area contributed by atoms with Gasteiger partial charge in [-0.25, -0.2) is 0 Å². The van der Waals surface area contributed by atoms with Gasteiger partial charge in [-0.05, 0) is 60.8 Å². The number of hydrazone groups is 1. The van der Waals surface area contributed by atoms with Gasteiger partial charge >= 0.3 is 0 Å². The molecule has 0 unspecified atom stereocenters. The number of rotatable bonds is 5. The second-order valence-electron chi connectivity index (χ2n) is 7.73. The predicted octanol–water partition coefficient (Wildman–Crippen LogP) is 2.48. The van der Waals surface area contributed by atoms with Crippen molar-refractivity contribution < 1.29 is 19.1 Å². The third-order valence-corrected chi connectivity index (χ3v) is 6.45. The topological polar surface area (TPSA) is 68.2 Å². The summed E-state index contributed by atoms with van der Waals surface area (Å²) in [6.45, 7) is 2.41. The number of ether oxygens (including phenoxy) is 2. The summed E-state index contributed by atoms with van der Waals surface area (Å²) in [7, 11) is 1.59. The maximum atomic E-state index is 12.9. The van der Waals surface area contributed by atoms with Gasteiger partial charge in [0.15, 0.2) is 11.5 Å². The Morgan fingerprint density at radius 1 is 1.11 bits per heavy atom. The van der Waals surface area contributed by atoms with Crippen LogP contribution in [0.3, 0.4) is 0 Å². The Kier molecular flexibility index (Phi) is 3.64. The number of methoxy groups -OCH3 is 1. The predicted molar refractivity (Wildman–Crippen MR) is 98.3 cm³/mol. The molecule has 2 amide bonds. The number of allylic oxidation sites excluding steroid dienone is 2. The molecular formula is C21H22N2O4. The van der Waals surface area contributed by atoms with E-state index in [-0.39, 0.29) is 35.5 Å². The lowest BCUT2D eigenvalue weighted by atomic mass is 9.63. The Morgan fingerprint density at radius 3 is 2.37 bits per heavy atom. The van der Waals surface area contributed by atoms with E-state index >= 15 is 0 Å². The van der Waals surface area contributed by atoms with Gasteiger partial charge < -0.3 is 9.47 Å². The van der Waals surface area contributed by atoms with Crippen molar-refractivity contribution in [2.75, 3.05) is 13.7 Å². The molecular weight excluding hydrogens is 344 g/mol. The van der Waals surface area contributed by atoms with Gasteiger partial charge in [0.05, 0.1) is 31.8 Å². The number of imide groups is 1. The van der Waals surface area contributed by atoms with E-state index in [4.69, 9.17) is 9.47 Å². The first-order chi connectivity index (χ1) is 13.1. The van der Waals surface area contributed by atoms with Gasteiger partial charge in [-0.3, -0.25) is 9.59 Å². The molecule has 1 saturated heterocycles. The largest absolute Gasteiger partial charge is 0.493 e. The lowest BCUT2D eigenvalue weighted by Gasteiger charge is -2.37. The molecule has 1 heterocycles. The highest BCUT2D eigenvalue weighted by Gasteiger charge is 2.67. The van der Waals surface area contributed by atoms with Crippen molar-refractivity contribution in [2.24, 2.45) is 40.6 Å². The minimum absolute atomic E-state index is 0.149. The first kappa shape index (κ1) is 16.5. The van der Waals surface area contributed by atoms with Gasteiger partial charge in [0, 0.05) is 0 Å². The molecule has 5 aliphatic rings. The number of benzene rings is 1. The summed E-state index contributed by atoms with van der Waals surface area (Å²) in [4.78, 5) is 25.8. The normalized spacial score (nSPS) is 35.6. The smallest absolute Gasteiger partial charge is 0.254 e. The average Bonchev–Trinajstić information content (AvgIpc) is 3.46. The number of carbonyl (C=O) groups excluding carboxylic acids is 2. The third kappa shape index (κ3) is 2.35. The Labute approximate surface area is 157 Å². The van der Waals surface area contributed by atoms with E-state index in [1.54, 1.807) is 25.5 Å². The van der Waals surface area contributed by atoms with Gasteiger partial charge in [-0.15, -0.1) is 0 Å². The summed E-state index contributed by atoms with van der Waals surface area (Å²) in [6.07, 6.45) is 7.03. The van der Waals surface area contributed by atoms with Crippen LogP contribution in [0.15, 0.2) is 35.5 Å². The van der Waals surface area contributed by atoms with Crippen molar-refractivity contribution in [2.45, 2.75) is 13.3 Å². The minimum Gasteiger partial charge on any atom is -0.493 e. The Bertz CT molecular complexity index is 841. The van der Waals surface area contributed by atoms with Gasteiger partial charge in [0.25, 0.3) is 11.8 Å². The zero-order chi connectivity index (χ0) is 18.7. The molecule has 0 radical (unpaired) electrons.